The van der Waals surface area contributed by atoms with Crippen LogP contribution in [0.15, 0.2) is 22.9 Å². The van der Waals surface area contributed by atoms with Crippen LogP contribution in [0.3, 0.4) is 0 Å². The fourth-order valence-corrected chi connectivity index (χ4v) is 4.74. The molecule has 0 spiro atoms. The van der Waals surface area contributed by atoms with E-state index in [0.717, 1.165) is 15.6 Å². The van der Waals surface area contributed by atoms with Crippen molar-refractivity contribution in [3.8, 4) is 9.88 Å². The van der Waals surface area contributed by atoms with Crippen molar-refractivity contribution in [1.29, 1.82) is 0 Å². The van der Waals surface area contributed by atoms with Crippen LogP contribution in [-0.2, 0) is 16.0 Å². The summed E-state index contributed by atoms with van der Waals surface area (Å²) in [5.74, 6) is -0.847. The van der Waals surface area contributed by atoms with E-state index in [9.17, 15) is 14.7 Å². The zero-order valence-electron chi connectivity index (χ0n) is 13.7. The first-order chi connectivity index (χ1) is 11.4. The standard InChI is InChI=1S/C17H20N2O3S2/c1-11(2)17(16(21)22)5-6-19(10-17)14(20)8-12-9-24-15(18-12)13-4-3-7-23-13/h3-4,7,9,11H,5-6,8,10H2,1-2H3,(H,21,22). The zero-order valence-corrected chi connectivity index (χ0v) is 15.3. The molecule has 0 aromatic carbocycles. The van der Waals surface area contributed by atoms with Crippen molar-refractivity contribution in [2.45, 2.75) is 26.7 Å². The van der Waals surface area contributed by atoms with Crippen LogP contribution in [0.5, 0.6) is 0 Å². The lowest BCUT2D eigenvalue weighted by Crippen LogP contribution is -2.41. The van der Waals surface area contributed by atoms with Crippen LogP contribution in [0.1, 0.15) is 26.0 Å². The van der Waals surface area contributed by atoms with Crippen LogP contribution in [0, 0.1) is 11.3 Å². The molecule has 0 saturated carbocycles. The summed E-state index contributed by atoms with van der Waals surface area (Å²) in [5.41, 5.74) is -0.0642. The fourth-order valence-electron chi connectivity index (χ4n) is 3.11. The van der Waals surface area contributed by atoms with Crippen molar-refractivity contribution in [3.05, 3.63) is 28.6 Å². The van der Waals surface area contributed by atoms with Crippen molar-refractivity contribution in [3.63, 3.8) is 0 Å². The summed E-state index contributed by atoms with van der Waals surface area (Å²) in [7, 11) is 0. The second kappa shape index (κ2) is 6.64. The number of rotatable bonds is 5. The third-order valence-electron chi connectivity index (χ3n) is 4.80. The second-order valence-electron chi connectivity index (χ2n) is 6.48. The third kappa shape index (κ3) is 3.10. The molecule has 128 valence electrons. The number of hydrogen-bond donors (Lipinski definition) is 1. The van der Waals surface area contributed by atoms with E-state index in [-0.39, 0.29) is 18.2 Å². The van der Waals surface area contributed by atoms with Gasteiger partial charge in [0, 0.05) is 18.5 Å². The minimum Gasteiger partial charge on any atom is -0.481 e. The Morgan fingerprint density at radius 2 is 2.21 bits per heavy atom. The highest BCUT2D eigenvalue weighted by Gasteiger charge is 2.48. The second-order valence-corrected chi connectivity index (χ2v) is 8.29. The molecule has 0 aliphatic carbocycles. The number of carbonyl (C=O) groups excluding carboxylic acids is 1. The Kier molecular flexibility index (Phi) is 4.73. The SMILES string of the molecule is CC(C)C1(C(=O)O)CCN(C(=O)Cc2csc(-c3cccs3)n2)C1. The normalized spacial score (nSPS) is 20.7. The van der Waals surface area contributed by atoms with E-state index in [0.29, 0.717) is 19.5 Å². The van der Waals surface area contributed by atoms with E-state index in [4.69, 9.17) is 0 Å². The number of nitrogens with zero attached hydrogens (tertiary/aromatic N) is 2. The smallest absolute Gasteiger partial charge is 0.311 e. The first-order valence-electron chi connectivity index (χ1n) is 7.92. The number of thiophene rings is 1. The number of hydrogen-bond acceptors (Lipinski definition) is 5. The van der Waals surface area contributed by atoms with Gasteiger partial charge in [-0.2, -0.15) is 0 Å². The zero-order chi connectivity index (χ0) is 17.3. The van der Waals surface area contributed by atoms with Crippen molar-refractivity contribution >= 4 is 34.6 Å². The summed E-state index contributed by atoms with van der Waals surface area (Å²) in [6.45, 7) is 4.62. The molecular weight excluding hydrogens is 344 g/mol. The minimum atomic E-state index is -0.820. The van der Waals surface area contributed by atoms with Gasteiger partial charge in [0.2, 0.25) is 5.91 Å². The molecule has 0 bridgehead atoms. The lowest BCUT2D eigenvalue weighted by Gasteiger charge is -2.28. The van der Waals surface area contributed by atoms with E-state index >= 15 is 0 Å². The maximum atomic E-state index is 12.5. The van der Waals surface area contributed by atoms with Gasteiger partial charge in [-0.25, -0.2) is 4.98 Å². The third-order valence-corrected chi connectivity index (χ3v) is 6.73. The summed E-state index contributed by atoms with van der Waals surface area (Å²) in [4.78, 5) is 31.5. The number of aliphatic carboxylic acids is 1. The number of carboxylic acid groups (broad SMARTS) is 1. The van der Waals surface area contributed by atoms with Crippen LogP contribution < -0.4 is 0 Å². The van der Waals surface area contributed by atoms with Crippen molar-refractivity contribution in [2.75, 3.05) is 13.1 Å². The van der Waals surface area contributed by atoms with Gasteiger partial charge < -0.3 is 10.0 Å². The average molecular weight is 364 g/mol. The van der Waals surface area contributed by atoms with Crippen LogP contribution in [-0.4, -0.2) is 40.0 Å². The molecule has 7 heteroatoms. The Hall–Kier alpha value is -1.73. The Bertz CT molecular complexity index is 739. The molecule has 1 N–H and O–H groups in total. The average Bonchev–Trinajstić information content (AvgIpc) is 3.27. The predicted molar refractivity (Wildman–Crippen MR) is 95.2 cm³/mol. The fraction of sp³-hybridized carbons (Fsp3) is 0.471. The van der Waals surface area contributed by atoms with E-state index < -0.39 is 11.4 Å². The van der Waals surface area contributed by atoms with Gasteiger partial charge >= 0.3 is 5.97 Å². The van der Waals surface area contributed by atoms with Gasteiger partial charge in [-0.1, -0.05) is 19.9 Å². The molecule has 3 heterocycles. The quantitative estimate of drug-likeness (QED) is 0.883. The maximum absolute atomic E-state index is 12.5. The Morgan fingerprint density at radius 3 is 2.79 bits per heavy atom. The lowest BCUT2D eigenvalue weighted by molar-refractivity contribution is -0.151. The first-order valence-corrected chi connectivity index (χ1v) is 9.68. The lowest BCUT2D eigenvalue weighted by atomic mass is 9.76. The Labute approximate surface area is 149 Å². The van der Waals surface area contributed by atoms with Gasteiger partial charge in [-0.15, -0.1) is 22.7 Å². The van der Waals surface area contributed by atoms with Crippen molar-refractivity contribution < 1.29 is 14.7 Å². The number of amides is 1. The molecule has 1 saturated heterocycles. The molecule has 1 atom stereocenters. The van der Waals surface area contributed by atoms with Gasteiger partial charge in [-0.3, -0.25) is 9.59 Å². The first kappa shape index (κ1) is 17.1. The van der Waals surface area contributed by atoms with Gasteiger partial charge in [-0.05, 0) is 23.8 Å². The van der Waals surface area contributed by atoms with Crippen molar-refractivity contribution in [1.82, 2.24) is 9.88 Å². The van der Waals surface area contributed by atoms with Gasteiger partial charge in [0.05, 0.1) is 22.4 Å². The minimum absolute atomic E-state index is 0.00231. The van der Waals surface area contributed by atoms with Crippen LogP contribution in [0.4, 0.5) is 0 Å². The van der Waals surface area contributed by atoms with Gasteiger partial charge in [0.25, 0.3) is 0 Å². The molecule has 24 heavy (non-hydrogen) atoms. The number of carboxylic acids is 1. The maximum Gasteiger partial charge on any atom is 0.311 e. The molecule has 1 amide bonds. The summed E-state index contributed by atoms with van der Waals surface area (Å²) >= 11 is 3.16. The number of likely N-dealkylation sites (tertiary alicyclic amines) is 1. The summed E-state index contributed by atoms with van der Waals surface area (Å²) in [6.07, 6.45) is 0.749. The highest BCUT2D eigenvalue weighted by Crippen LogP contribution is 2.38. The van der Waals surface area contributed by atoms with E-state index in [2.05, 4.69) is 4.98 Å². The Balaban J connectivity index is 1.67. The van der Waals surface area contributed by atoms with Gasteiger partial charge in [0.15, 0.2) is 0 Å². The molecule has 0 radical (unpaired) electrons. The van der Waals surface area contributed by atoms with Crippen molar-refractivity contribution in [2.24, 2.45) is 11.3 Å². The molecule has 1 unspecified atom stereocenters. The molecule has 1 aliphatic heterocycles. The molecule has 2 aromatic heterocycles. The molecule has 1 aliphatic rings. The van der Waals surface area contributed by atoms with Crippen LogP contribution in [0.25, 0.3) is 9.88 Å². The molecule has 2 aromatic rings. The number of thiazole rings is 1. The Morgan fingerprint density at radius 1 is 1.42 bits per heavy atom. The highest BCUT2D eigenvalue weighted by molar-refractivity contribution is 7.20. The number of carbonyl (C=O) groups is 2. The van der Waals surface area contributed by atoms with E-state index in [1.165, 1.54) is 11.3 Å². The molecule has 5 nitrogen and oxygen atoms in total. The molecule has 1 fully saturated rings. The highest BCUT2D eigenvalue weighted by atomic mass is 32.1. The largest absolute Gasteiger partial charge is 0.481 e. The van der Waals surface area contributed by atoms with E-state index in [1.807, 2.05) is 36.7 Å². The molecule has 3 rings (SSSR count). The molecular formula is C17H20N2O3S2. The summed E-state index contributed by atoms with van der Waals surface area (Å²) < 4.78 is 0. The predicted octanol–water partition coefficient (Wildman–Crippen LogP) is 3.37. The topological polar surface area (TPSA) is 70.5 Å². The van der Waals surface area contributed by atoms with Crippen LogP contribution in [0.2, 0.25) is 0 Å². The monoisotopic (exact) mass is 364 g/mol. The van der Waals surface area contributed by atoms with Crippen LogP contribution >= 0.6 is 22.7 Å². The summed E-state index contributed by atoms with van der Waals surface area (Å²) in [6, 6.07) is 3.99. The number of aromatic nitrogens is 1. The van der Waals surface area contributed by atoms with Gasteiger partial charge in [0.1, 0.15) is 5.01 Å². The summed E-state index contributed by atoms with van der Waals surface area (Å²) in [5, 5.41) is 14.4. The van der Waals surface area contributed by atoms with E-state index in [1.54, 1.807) is 16.2 Å².